The van der Waals surface area contributed by atoms with Crippen LogP contribution in [0.25, 0.3) is 132 Å². The van der Waals surface area contributed by atoms with E-state index in [0.717, 1.165) is 112 Å². The van der Waals surface area contributed by atoms with Crippen molar-refractivity contribution in [3.63, 3.8) is 0 Å². The molecule has 14 heterocycles. The Balaban J connectivity index is 0.000000123. The molecule has 0 spiro atoms. The van der Waals surface area contributed by atoms with Crippen LogP contribution in [0.5, 0.6) is 6.01 Å². The lowest BCUT2D eigenvalue weighted by Gasteiger charge is -2.22. The first-order valence-corrected chi connectivity index (χ1v) is 47.4. The van der Waals surface area contributed by atoms with Crippen molar-refractivity contribution in [2.24, 2.45) is 0 Å². The van der Waals surface area contributed by atoms with Gasteiger partial charge in [0.1, 0.15) is 27.9 Å². The predicted molar refractivity (Wildman–Crippen MR) is 582 cm³/mol. The van der Waals surface area contributed by atoms with E-state index in [0.29, 0.717) is 107 Å². The summed E-state index contributed by atoms with van der Waals surface area (Å²) in [5.41, 5.74) is 15.0. The first-order valence-electron chi connectivity index (χ1n) is 47.0. The number of aromatic nitrogens is 20. The van der Waals surface area contributed by atoms with E-state index < -0.39 is 0 Å². The van der Waals surface area contributed by atoms with Gasteiger partial charge in [0.15, 0.2) is 23.3 Å². The molecule has 34 nitrogen and oxygen atoms in total. The van der Waals surface area contributed by atoms with Crippen LogP contribution in [0.1, 0.15) is 80.5 Å². The van der Waals surface area contributed by atoms with Gasteiger partial charge in [-0.1, -0.05) is 145 Å². The van der Waals surface area contributed by atoms with E-state index in [4.69, 9.17) is 16.3 Å². The molecular weight excluding hydrogens is 1850 g/mol. The van der Waals surface area contributed by atoms with Crippen molar-refractivity contribution < 1.29 is 4.74 Å². The van der Waals surface area contributed by atoms with E-state index in [9.17, 15) is 19.2 Å². The number of rotatable bonds is 24. The maximum atomic E-state index is 14.4. The van der Waals surface area contributed by atoms with Gasteiger partial charge in [0.2, 0.25) is 23.8 Å². The number of hydrogen-bond acceptors (Lipinski definition) is 30. The highest BCUT2D eigenvalue weighted by molar-refractivity contribution is 6.35. The molecule has 35 heteroatoms. The number of hydrogen-bond donors (Lipinski definition) is 9. The largest absolute Gasteiger partial charge is 0.467 e. The molecule has 0 amide bonds. The number of methoxy groups -OCH3 is 1. The van der Waals surface area contributed by atoms with Crippen LogP contribution in [-0.2, 0) is 0 Å². The van der Waals surface area contributed by atoms with Crippen LogP contribution in [0, 0.1) is 6.92 Å². The third-order valence-electron chi connectivity index (χ3n) is 24.7. The normalized spacial score (nSPS) is 12.0. The Morgan fingerprint density at radius 1 is 0.295 bits per heavy atom. The summed E-state index contributed by atoms with van der Waals surface area (Å²) in [6, 6.07) is 83.5. The number of aryl methyl sites for hydroxylation is 1. The first-order chi connectivity index (χ1) is 71.3. The maximum Gasteiger partial charge on any atom is 0.316 e. The Labute approximate surface area is 840 Å². The fourth-order valence-corrected chi connectivity index (χ4v) is 18.0. The molecule has 724 valence electrons. The van der Waals surface area contributed by atoms with E-state index in [-0.39, 0.29) is 52.4 Å². The number of fused-ring (bicyclic) bond motifs is 8. The van der Waals surface area contributed by atoms with Gasteiger partial charge in [0, 0.05) is 147 Å². The average Bonchev–Trinajstić information content (AvgIpc) is 0.753. The molecule has 22 rings (SSSR count). The van der Waals surface area contributed by atoms with Gasteiger partial charge < -0.3 is 52.6 Å². The number of ether oxygens (including phenoxy) is 1. The lowest BCUT2D eigenvalue weighted by Crippen LogP contribution is -2.26. The quantitative estimate of drug-likeness (QED) is 0.0271. The summed E-state index contributed by atoms with van der Waals surface area (Å²) in [4.78, 5) is 128. The Morgan fingerprint density at radius 3 is 0.884 bits per heavy atom. The predicted octanol–water partition coefficient (Wildman–Crippen LogP) is 20.1. The fraction of sp³-hybridized carbons (Fsp3) is 0.135. The second kappa shape index (κ2) is 42.6. The van der Waals surface area contributed by atoms with Crippen LogP contribution < -0.4 is 74.8 Å². The zero-order valence-electron chi connectivity index (χ0n) is 81.2. The third-order valence-corrected chi connectivity index (χ3v) is 25.0. The third kappa shape index (κ3) is 19.6. The van der Waals surface area contributed by atoms with Crippen molar-refractivity contribution in [1.82, 2.24) is 98.0 Å². The Kier molecular flexibility index (Phi) is 28.0. The van der Waals surface area contributed by atoms with Crippen LogP contribution >= 0.6 is 11.6 Å². The molecule has 9 N–H and O–H groups in total. The number of para-hydroxylation sites is 4. The SMILES string of the molecule is CNc1nc(N[C@@H](C)c2cc3cccc(-c4cnc(C)nc4)c3c(=O)n2-c2ccccc2)c2ncccc2n1.CNc1nc(N[C@@H](C)c2cc3cccc(-c4cnc(OC)nc4)c3c(=O)n2-c2ccccc2)c2ncccc2n1.CNc1nc(N[C@@H](C)c2cc3cccc(Cl)c3c(=O)n2-c2ccccc2)c2ncccc2n1.CNc1nc(N[C@@H](C)c2cc3cccc(NC)c3c(=O)n2-c2ccccc2)c2ncccc2n1. The summed E-state index contributed by atoms with van der Waals surface area (Å²) < 4.78 is 12.1. The Hall–Kier alpha value is -19.0. The summed E-state index contributed by atoms with van der Waals surface area (Å²) in [5.74, 6) is 4.93. The highest BCUT2D eigenvalue weighted by atomic mass is 35.5. The van der Waals surface area contributed by atoms with Gasteiger partial charge in [-0.15, -0.1) is 0 Å². The molecular formula is C111H98ClN29O5. The van der Waals surface area contributed by atoms with Gasteiger partial charge in [-0.3, -0.25) is 57.4 Å². The smallest absolute Gasteiger partial charge is 0.316 e. The molecule has 0 aliphatic heterocycles. The molecule has 0 radical (unpaired) electrons. The van der Waals surface area contributed by atoms with Crippen LogP contribution in [0.15, 0.2) is 336 Å². The summed E-state index contributed by atoms with van der Waals surface area (Å²) in [6.07, 6.45) is 13.7. The number of anilines is 9. The second-order valence-corrected chi connectivity index (χ2v) is 34.4. The topological polar surface area (TPSA) is 412 Å². The van der Waals surface area contributed by atoms with E-state index in [1.54, 1.807) is 102 Å². The summed E-state index contributed by atoms with van der Waals surface area (Å²) in [7, 11) is 10.4. The van der Waals surface area contributed by atoms with Crippen LogP contribution in [-0.4, -0.2) is 140 Å². The van der Waals surface area contributed by atoms with Gasteiger partial charge >= 0.3 is 6.01 Å². The average molecular weight is 1950 g/mol. The monoisotopic (exact) mass is 1950 g/mol. The standard InChI is InChI=1S/C30H26N8O2.C30H26N8O.C26H25N7O.C25H21ClN6O/c1-18(35-27-26-23(13-8-14-32-26)36-29(31-2)37-27)24-15-19-9-7-12-22(20-16-33-30(40-3)34-17-20)25(19)28(39)38(24)21-10-5-4-6-11-21;1-18(35-28-27-24(13-8-14-32-27)36-30(31-3)37-28)25-15-20-9-7-12-23(21-16-33-19(2)34-17-21)26(20)29(39)38(25)22-10-5-4-6-11-22;1-16(30-24-23-20(13-8-14-29-23)31-26(28-3)32-24)21-15-17-9-7-12-19(27-2)22(17)25(34)33(21)18-10-5-4-6-11-18;1-15(29-23-22-19(12-7-13-28-22)30-25(27-2)31-23)20-14-16-8-6-11-18(26)21(16)24(33)32(20)17-9-4-3-5-10-17/h4-18H,1-3H3,(H2,31,35,36,37);4-18H,1-3H3,(H2,31,35,36,37);4-16,27H,1-3H3,(H2,28,30,31,32);3-15H,1-2H3,(H2,27,29,30,31)/t2*18-;16-;15-/m0000/s1. The van der Waals surface area contributed by atoms with Crippen molar-refractivity contribution in [2.75, 3.05) is 90.2 Å². The molecule has 0 aliphatic rings. The van der Waals surface area contributed by atoms with Crippen molar-refractivity contribution in [2.45, 2.75) is 58.8 Å². The molecule has 0 aliphatic carbocycles. The second-order valence-electron chi connectivity index (χ2n) is 34.0. The van der Waals surface area contributed by atoms with Gasteiger partial charge in [0.05, 0.1) is 79.9 Å². The maximum absolute atomic E-state index is 14.4. The highest BCUT2D eigenvalue weighted by Crippen LogP contribution is 2.38. The fourth-order valence-electron chi connectivity index (χ4n) is 17.8. The Morgan fingerprint density at radius 2 is 0.575 bits per heavy atom. The van der Waals surface area contributed by atoms with Crippen molar-refractivity contribution in [3.8, 4) is 51.0 Å². The Bertz CT molecular complexity index is 8890. The molecule has 8 aromatic carbocycles. The molecule has 0 saturated heterocycles. The van der Waals surface area contributed by atoms with Crippen molar-refractivity contribution >= 4 is 152 Å². The molecule has 22 aromatic rings. The van der Waals surface area contributed by atoms with Crippen molar-refractivity contribution in [1.29, 1.82) is 0 Å². The molecule has 0 saturated carbocycles. The number of nitrogens with zero attached hydrogens (tertiary/aromatic N) is 20. The van der Waals surface area contributed by atoms with Crippen LogP contribution in [0.4, 0.5) is 52.8 Å². The zero-order valence-corrected chi connectivity index (χ0v) is 82.0. The zero-order chi connectivity index (χ0) is 101. The van der Waals surface area contributed by atoms with E-state index >= 15 is 0 Å². The molecule has 4 atom stereocenters. The first kappa shape index (κ1) is 95.9. The minimum Gasteiger partial charge on any atom is -0.467 e. The molecule has 146 heavy (non-hydrogen) atoms. The number of pyridine rings is 8. The van der Waals surface area contributed by atoms with E-state index in [1.807, 2.05) is 290 Å². The summed E-state index contributed by atoms with van der Waals surface area (Å²) in [6.45, 7) is 9.84. The van der Waals surface area contributed by atoms with Gasteiger partial charge in [-0.25, -0.2) is 39.9 Å². The minimum atomic E-state index is -0.324. The number of halogens is 1. The lowest BCUT2D eigenvalue weighted by molar-refractivity contribution is 0.380. The molecule has 0 fully saturated rings. The van der Waals surface area contributed by atoms with E-state index in [1.165, 1.54) is 7.11 Å². The van der Waals surface area contributed by atoms with Crippen molar-refractivity contribution in [3.05, 3.63) is 392 Å². The molecule has 0 unspecified atom stereocenters. The number of nitrogens with one attached hydrogen (secondary N) is 9. The van der Waals surface area contributed by atoms with Gasteiger partial charge in [-0.2, -0.15) is 19.9 Å². The molecule has 14 aromatic heterocycles. The summed E-state index contributed by atoms with van der Waals surface area (Å²) >= 11 is 6.42. The van der Waals surface area contributed by atoms with Crippen LogP contribution in [0.3, 0.4) is 0 Å². The lowest BCUT2D eigenvalue weighted by atomic mass is 9.99. The van der Waals surface area contributed by atoms with E-state index in [2.05, 4.69) is 140 Å². The number of benzene rings is 8. The summed E-state index contributed by atoms with van der Waals surface area (Å²) in [5, 5.41) is 35.1. The van der Waals surface area contributed by atoms with Gasteiger partial charge in [-0.05, 0) is 201 Å². The highest BCUT2D eigenvalue weighted by Gasteiger charge is 2.28. The van der Waals surface area contributed by atoms with Gasteiger partial charge in [0.25, 0.3) is 22.2 Å². The molecule has 0 bridgehead atoms. The van der Waals surface area contributed by atoms with Crippen LogP contribution in [0.2, 0.25) is 5.02 Å². The minimum absolute atomic E-state index is 0.0844.